The van der Waals surface area contributed by atoms with E-state index in [0.29, 0.717) is 24.0 Å². The van der Waals surface area contributed by atoms with Crippen molar-refractivity contribution in [3.05, 3.63) is 84.2 Å². The first-order chi connectivity index (χ1) is 15.2. The Labute approximate surface area is 183 Å². The maximum absolute atomic E-state index is 12.5. The molecule has 0 saturated carbocycles. The Hall–Kier alpha value is -3.09. The molecule has 1 atom stereocenters. The Bertz CT molecular complexity index is 962. The molecule has 1 N–H and O–H groups in total. The highest BCUT2D eigenvalue weighted by atomic mass is 16.1. The summed E-state index contributed by atoms with van der Waals surface area (Å²) in [6.45, 7) is 4.73. The van der Waals surface area contributed by atoms with E-state index < -0.39 is 0 Å². The van der Waals surface area contributed by atoms with E-state index in [1.165, 1.54) is 5.56 Å². The predicted molar refractivity (Wildman–Crippen MR) is 123 cm³/mol. The zero-order valence-corrected chi connectivity index (χ0v) is 17.9. The molecule has 2 aromatic carbocycles. The number of piperazine rings is 1. The van der Waals surface area contributed by atoms with Crippen molar-refractivity contribution in [2.75, 3.05) is 39.8 Å². The number of hydrogen-bond donors (Lipinski definition) is 1. The zero-order valence-electron chi connectivity index (χ0n) is 17.9. The van der Waals surface area contributed by atoms with E-state index in [-0.39, 0.29) is 5.91 Å². The monoisotopic (exact) mass is 415 g/mol. The molecule has 1 aliphatic heterocycles. The van der Waals surface area contributed by atoms with E-state index in [9.17, 15) is 4.79 Å². The van der Waals surface area contributed by atoms with Gasteiger partial charge in [0.25, 0.3) is 5.91 Å². The Morgan fingerprint density at radius 3 is 2.39 bits per heavy atom. The molecule has 0 spiro atoms. The van der Waals surface area contributed by atoms with E-state index in [2.05, 4.69) is 62.5 Å². The van der Waals surface area contributed by atoms with Crippen LogP contribution in [0.1, 0.15) is 28.4 Å². The quantitative estimate of drug-likeness (QED) is 0.600. The van der Waals surface area contributed by atoms with Gasteiger partial charge in [0.05, 0.1) is 5.56 Å². The number of nitrogens with zero attached hydrogens (tertiary/aromatic N) is 4. The van der Waals surface area contributed by atoms with Crippen LogP contribution in [0.25, 0.3) is 11.4 Å². The normalized spacial score (nSPS) is 17.4. The van der Waals surface area contributed by atoms with Crippen molar-refractivity contribution in [2.45, 2.75) is 12.5 Å². The Morgan fingerprint density at radius 1 is 1.00 bits per heavy atom. The highest BCUT2D eigenvalue weighted by Crippen LogP contribution is 2.24. The van der Waals surface area contributed by atoms with Crippen LogP contribution in [0, 0.1) is 0 Å². The van der Waals surface area contributed by atoms with Gasteiger partial charge in [-0.05, 0) is 19.0 Å². The average Bonchev–Trinajstić information content (AvgIpc) is 2.83. The molecule has 0 bridgehead atoms. The SMILES string of the molecule is CN1CCN(CCCNC(=O)c2cnc(-c3ccccc3)nc2)C(c2ccccc2)C1. The van der Waals surface area contributed by atoms with Crippen LogP contribution in [-0.2, 0) is 0 Å². The standard InChI is InChI=1S/C25H29N5O/c1-29-15-16-30(23(19-29)20-9-4-2-5-10-20)14-8-13-26-25(31)22-17-27-24(28-18-22)21-11-6-3-7-12-21/h2-7,9-12,17-18,23H,8,13-16,19H2,1H3,(H,26,31). The summed E-state index contributed by atoms with van der Waals surface area (Å²) in [5, 5.41) is 3.01. The van der Waals surface area contributed by atoms with Crippen molar-refractivity contribution in [3.63, 3.8) is 0 Å². The van der Waals surface area contributed by atoms with Gasteiger partial charge in [-0.25, -0.2) is 9.97 Å². The van der Waals surface area contributed by atoms with Gasteiger partial charge < -0.3 is 10.2 Å². The fourth-order valence-electron chi connectivity index (χ4n) is 3.98. The number of amides is 1. The second-order valence-corrected chi connectivity index (χ2v) is 8.00. The van der Waals surface area contributed by atoms with Crippen molar-refractivity contribution >= 4 is 5.91 Å². The largest absolute Gasteiger partial charge is 0.352 e. The van der Waals surface area contributed by atoms with Gasteiger partial charge in [0.15, 0.2) is 5.82 Å². The summed E-state index contributed by atoms with van der Waals surface area (Å²) in [4.78, 5) is 26.0. The number of carbonyl (C=O) groups is 1. The van der Waals surface area contributed by atoms with E-state index in [0.717, 1.165) is 38.2 Å². The van der Waals surface area contributed by atoms with E-state index in [1.807, 2.05) is 30.3 Å². The smallest absolute Gasteiger partial charge is 0.254 e. The lowest BCUT2D eigenvalue weighted by Crippen LogP contribution is -2.47. The first-order valence-electron chi connectivity index (χ1n) is 10.8. The molecule has 0 radical (unpaired) electrons. The number of nitrogens with one attached hydrogen (secondary N) is 1. The van der Waals surface area contributed by atoms with Crippen LogP contribution in [0.15, 0.2) is 73.1 Å². The molecule has 160 valence electrons. The minimum atomic E-state index is -0.127. The van der Waals surface area contributed by atoms with Crippen LogP contribution in [0.5, 0.6) is 0 Å². The molecule has 4 rings (SSSR count). The van der Waals surface area contributed by atoms with Crippen LogP contribution >= 0.6 is 0 Å². The topological polar surface area (TPSA) is 61.4 Å². The third-order valence-corrected chi connectivity index (χ3v) is 5.73. The number of hydrogen-bond acceptors (Lipinski definition) is 5. The average molecular weight is 416 g/mol. The molecule has 1 aromatic heterocycles. The van der Waals surface area contributed by atoms with Crippen molar-refractivity contribution < 1.29 is 4.79 Å². The molecule has 31 heavy (non-hydrogen) atoms. The van der Waals surface area contributed by atoms with Crippen molar-refractivity contribution in [3.8, 4) is 11.4 Å². The molecule has 2 heterocycles. The molecule has 1 unspecified atom stereocenters. The molecule has 0 aliphatic carbocycles. The fourth-order valence-corrected chi connectivity index (χ4v) is 3.98. The van der Waals surface area contributed by atoms with Gasteiger partial charge in [-0.3, -0.25) is 9.69 Å². The number of rotatable bonds is 7. The summed E-state index contributed by atoms with van der Waals surface area (Å²) in [6.07, 6.45) is 4.09. The van der Waals surface area contributed by atoms with Gasteiger partial charge in [-0.15, -0.1) is 0 Å². The first kappa shape index (κ1) is 21.2. The van der Waals surface area contributed by atoms with Crippen molar-refractivity contribution in [1.82, 2.24) is 25.1 Å². The highest BCUT2D eigenvalue weighted by Gasteiger charge is 2.25. The van der Waals surface area contributed by atoms with Crippen LogP contribution in [-0.4, -0.2) is 65.4 Å². The minimum absolute atomic E-state index is 0.127. The molecule has 1 saturated heterocycles. The van der Waals surface area contributed by atoms with E-state index in [1.54, 1.807) is 12.4 Å². The summed E-state index contributed by atoms with van der Waals surface area (Å²) in [7, 11) is 2.18. The Morgan fingerprint density at radius 2 is 1.68 bits per heavy atom. The summed E-state index contributed by atoms with van der Waals surface area (Å²) in [5.74, 6) is 0.497. The predicted octanol–water partition coefficient (Wildman–Crippen LogP) is 3.25. The van der Waals surface area contributed by atoms with E-state index >= 15 is 0 Å². The number of likely N-dealkylation sites (N-methyl/N-ethyl adjacent to an activating group) is 1. The van der Waals surface area contributed by atoms with Gasteiger partial charge >= 0.3 is 0 Å². The molecule has 6 heteroatoms. The van der Waals surface area contributed by atoms with Crippen molar-refractivity contribution in [2.24, 2.45) is 0 Å². The Balaban J connectivity index is 1.27. The van der Waals surface area contributed by atoms with Crippen LogP contribution in [0.3, 0.4) is 0 Å². The number of benzene rings is 2. The molecule has 3 aromatic rings. The summed E-state index contributed by atoms with van der Waals surface area (Å²) < 4.78 is 0. The molecular weight excluding hydrogens is 386 g/mol. The second-order valence-electron chi connectivity index (χ2n) is 8.00. The third-order valence-electron chi connectivity index (χ3n) is 5.73. The lowest BCUT2D eigenvalue weighted by atomic mass is 10.0. The van der Waals surface area contributed by atoms with Gasteiger partial charge in [0.1, 0.15) is 0 Å². The Kier molecular flexibility index (Phi) is 7.02. The van der Waals surface area contributed by atoms with E-state index in [4.69, 9.17) is 0 Å². The highest BCUT2D eigenvalue weighted by molar-refractivity contribution is 5.93. The summed E-state index contributed by atoms with van der Waals surface area (Å²) in [6, 6.07) is 20.8. The zero-order chi connectivity index (χ0) is 21.5. The number of aromatic nitrogens is 2. The molecule has 1 amide bonds. The van der Waals surface area contributed by atoms with Crippen LogP contribution in [0.2, 0.25) is 0 Å². The first-order valence-corrected chi connectivity index (χ1v) is 10.8. The molecule has 6 nitrogen and oxygen atoms in total. The number of carbonyl (C=O) groups excluding carboxylic acids is 1. The van der Waals surface area contributed by atoms with Gasteiger partial charge in [0, 0.05) is 56.7 Å². The minimum Gasteiger partial charge on any atom is -0.352 e. The third kappa shape index (κ3) is 5.54. The fraction of sp³-hybridized carbons (Fsp3) is 0.320. The van der Waals surface area contributed by atoms with Gasteiger partial charge in [-0.1, -0.05) is 60.7 Å². The lowest BCUT2D eigenvalue weighted by Gasteiger charge is -2.40. The van der Waals surface area contributed by atoms with Crippen LogP contribution < -0.4 is 5.32 Å². The van der Waals surface area contributed by atoms with Gasteiger partial charge in [-0.2, -0.15) is 0 Å². The lowest BCUT2D eigenvalue weighted by molar-refractivity contribution is 0.0865. The maximum Gasteiger partial charge on any atom is 0.254 e. The molecule has 1 aliphatic rings. The van der Waals surface area contributed by atoms with Gasteiger partial charge in [0.2, 0.25) is 0 Å². The summed E-state index contributed by atoms with van der Waals surface area (Å²) >= 11 is 0. The molecular formula is C25H29N5O. The molecule has 1 fully saturated rings. The second kappa shape index (κ2) is 10.3. The van der Waals surface area contributed by atoms with Crippen LogP contribution in [0.4, 0.5) is 0 Å². The maximum atomic E-state index is 12.5. The summed E-state index contributed by atoms with van der Waals surface area (Å²) in [5.41, 5.74) is 2.78. The van der Waals surface area contributed by atoms with Crippen molar-refractivity contribution in [1.29, 1.82) is 0 Å².